The normalized spacial score (nSPS) is 31.7. The summed E-state index contributed by atoms with van der Waals surface area (Å²) in [5.41, 5.74) is 1.85. The number of nitrogens with zero attached hydrogens (tertiary/aromatic N) is 1. The molecular weight excluding hydrogens is 1530 g/mol. The zero-order valence-electron chi connectivity index (χ0n) is 54.1. The molecule has 0 spiro atoms. The summed E-state index contributed by atoms with van der Waals surface area (Å²) in [7, 11) is 2.86. The number of nitrogens with one attached hydrogen (secondary N) is 2. The van der Waals surface area contributed by atoms with E-state index in [9.17, 15) is 58.5 Å². The number of cyclic esters (lactones) is 1. The van der Waals surface area contributed by atoms with Crippen LogP contribution in [0.15, 0.2) is 71.9 Å². The van der Waals surface area contributed by atoms with Crippen LogP contribution < -0.4 is 15.4 Å². The molecule has 1 saturated carbocycles. The molecule has 6 rings (SSSR count). The first-order valence-corrected chi connectivity index (χ1v) is 34.6. The first kappa shape index (κ1) is 76.2. The Morgan fingerprint density at radius 2 is 1.42 bits per heavy atom. The highest BCUT2D eigenvalue weighted by Gasteiger charge is 2.53. The van der Waals surface area contributed by atoms with Crippen molar-refractivity contribution in [3.63, 3.8) is 0 Å². The number of carbonyl (C=O) groups is 9. The van der Waals surface area contributed by atoms with Gasteiger partial charge < -0.3 is 59.3 Å². The molecule has 3 heterocycles. The van der Waals surface area contributed by atoms with E-state index >= 15 is 0 Å². The van der Waals surface area contributed by atoms with E-state index in [1.165, 1.54) is 52.3 Å². The molecule has 0 unspecified atom stereocenters. The minimum Gasteiger partial charge on any atom is -0.460 e. The Labute approximate surface area is 579 Å². The molecule has 2 aromatic rings. The van der Waals surface area contributed by atoms with Gasteiger partial charge in [-0.1, -0.05) is 71.1 Å². The van der Waals surface area contributed by atoms with Gasteiger partial charge in [-0.05, 0) is 199 Å². The third kappa shape index (κ3) is 19.7. The third-order valence-corrected chi connectivity index (χ3v) is 21.1. The van der Waals surface area contributed by atoms with Gasteiger partial charge >= 0.3 is 17.9 Å². The van der Waals surface area contributed by atoms with E-state index in [-0.39, 0.29) is 77.9 Å². The van der Waals surface area contributed by atoms with Crippen molar-refractivity contribution in [1.29, 1.82) is 0 Å². The standard InChI is InChI=1S/C68H88I3N3O18/c1-35-17-13-12-14-18-36(2)49(77)33-47-24-20-41(7)68(86,92-47)63(81)64(82)74-28-16-15-19-48(74)66(84)91-52(34-50(78)37(3)30-40(6)61(80)62(88-11)60(79)39(5)29-35)38(4)31-44-21-27-51(53(32-44)87-10)90-65(83)45-22-25-46(26-23-45)89-67(85)54-55(69)58(72-42(8)75)57(71)59(56(54)70)73-43(9)76/h12-14,17-18,22-23,25-26,30,35,37-39,41,44,47-49,51-53,61-62,77,80,86H,15-16,19-21,24,27-29,31-34H2,1-11H3,(H,72,75)(H,73,76)/b14-12+,17-13+,36-18+,40-30+/t35-,37-,38-,39-,41-,44+,47+,48+,49+,51-,52+,53-,61-,62+,68-/m1/s1. The summed E-state index contributed by atoms with van der Waals surface area (Å²) in [5, 5.41) is 40.3. The Balaban J connectivity index is 1.21. The smallest absolute Gasteiger partial charge is 0.345 e. The number of anilines is 2. The molecule has 3 fully saturated rings. The maximum Gasteiger partial charge on any atom is 0.345 e. The van der Waals surface area contributed by atoms with Gasteiger partial charge in [0.2, 0.25) is 17.6 Å². The highest BCUT2D eigenvalue weighted by atomic mass is 127. The molecule has 4 aliphatic rings. The summed E-state index contributed by atoms with van der Waals surface area (Å²) in [6, 6.07) is 4.54. The van der Waals surface area contributed by atoms with Crippen molar-refractivity contribution < 1.29 is 86.9 Å². The quantitative estimate of drug-likeness (QED) is 0.0459. The molecular formula is C68H88I3N3O18. The fourth-order valence-corrected chi connectivity index (χ4v) is 16.5. The van der Waals surface area contributed by atoms with Gasteiger partial charge in [0.15, 0.2) is 5.78 Å². The van der Waals surface area contributed by atoms with Crippen LogP contribution in [-0.2, 0) is 57.2 Å². The monoisotopic (exact) mass is 1620 g/mol. The number of aliphatic hydroxyl groups is 3. The van der Waals surface area contributed by atoms with Crippen molar-refractivity contribution in [1.82, 2.24) is 4.90 Å². The molecule has 0 radical (unpaired) electrons. The van der Waals surface area contributed by atoms with E-state index in [4.69, 9.17) is 28.4 Å². The second-order valence-corrected chi connectivity index (χ2v) is 28.3. The molecule has 92 heavy (non-hydrogen) atoms. The van der Waals surface area contributed by atoms with Crippen LogP contribution in [0.2, 0.25) is 0 Å². The number of esters is 3. The number of carbonyl (C=O) groups excluding carboxylic acids is 9. The molecule has 504 valence electrons. The number of piperidine rings is 1. The van der Waals surface area contributed by atoms with E-state index in [2.05, 4.69) is 10.6 Å². The van der Waals surface area contributed by atoms with Gasteiger partial charge in [0.1, 0.15) is 42.0 Å². The highest BCUT2D eigenvalue weighted by Crippen LogP contribution is 2.41. The first-order chi connectivity index (χ1) is 43.4. The van der Waals surface area contributed by atoms with Crippen molar-refractivity contribution in [2.45, 2.75) is 194 Å². The molecule has 15 atom stereocenters. The van der Waals surface area contributed by atoms with Crippen LogP contribution in [0.5, 0.6) is 5.75 Å². The Bertz CT molecular complexity index is 3140. The molecule has 0 aromatic heterocycles. The Morgan fingerprint density at radius 1 is 0.772 bits per heavy atom. The molecule has 1 aliphatic carbocycles. The van der Waals surface area contributed by atoms with E-state index in [0.717, 1.165) is 4.90 Å². The lowest BCUT2D eigenvalue weighted by atomic mass is 9.78. The summed E-state index contributed by atoms with van der Waals surface area (Å²) in [5.74, 6) is -11.3. The summed E-state index contributed by atoms with van der Waals surface area (Å²) >= 11 is 5.87. The van der Waals surface area contributed by atoms with Gasteiger partial charge in [0.25, 0.3) is 11.7 Å². The van der Waals surface area contributed by atoms with Crippen LogP contribution in [0, 0.1) is 46.2 Å². The average molecular weight is 1620 g/mol. The van der Waals surface area contributed by atoms with Gasteiger partial charge in [-0.15, -0.1) is 0 Å². The maximum absolute atomic E-state index is 14.7. The Kier molecular flexibility index (Phi) is 28.8. The van der Waals surface area contributed by atoms with Crippen LogP contribution in [0.1, 0.15) is 160 Å². The predicted molar refractivity (Wildman–Crippen MR) is 368 cm³/mol. The predicted octanol–water partition coefficient (Wildman–Crippen LogP) is 10.3. The minimum atomic E-state index is -2.55. The lowest BCUT2D eigenvalue weighted by Gasteiger charge is -2.42. The molecule has 21 nitrogen and oxygen atoms in total. The molecule has 2 aromatic carbocycles. The first-order valence-electron chi connectivity index (χ1n) is 31.3. The summed E-state index contributed by atoms with van der Waals surface area (Å²) < 4.78 is 37.1. The number of ether oxygens (including phenoxy) is 6. The lowest BCUT2D eigenvalue weighted by molar-refractivity contribution is -0.265. The number of allylic oxidation sites excluding steroid dienone is 6. The molecule has 24 heteroatoms. The molecule has 3 aliphatic heterocycles. The minimum absolute atomic E-state index is 0.00252. The molecule has 5 N–H and O–H groups in total. The van der Waals surface area contributed by atoms with Crippen LogP contribution in [-0.4, -0.2) is 149 Å². The van der Waals surface area contributed by atoms with Gasteiger partial charge in [0, 0.05) is 65.2 Å². The number of methoxy groups -OCH3 is 2. The second-order valence-electron chi connectivity index (χ2n) is 25.1. The summed E-state index contributed by atoms with van der Waals surface area (Å²) in [6.07, 6.45) is 7.64. The number of rotatable bonds is 11. The van der Waals surface area contributed by atoms with Gasteiger partial charge in [0.05, 0.1) is 51.5 Å². The van der Waals surface area contributed by atoms with Crippen LogP contribution in [0.3, 0.4) is 0 Å². The van der Waals surface area contributed by atoms with Crippen molar-refractivity contribution in [3.8, 4) is 5.75 Å². The zero-order chi connectivity index (χ0) is 68.1. The number of hydrogen-bond donors (Lipinski definition) is 5. The van der Waals surface area contributed by atoms with E-state index in [1.54, 1.807) is 58.9 Å². The van der Waals surface area contributed by atoms with Crippen LogP contribution >= 0.6 is 67.8 Å². The third-order valence-electron chi connectivity index (χ3n) is 17.9. The highest BCUT2D eigenvalue weighted by molar-refractivity contribution is 14.1. The average Bonchev–Trinajstić information content (AvgIpc) is 0.821. The number of ketones is 3. The van der Waals surface area contributed by atoms with E-state index < -0.39 is 108 Å². The maximum atomic E-state index is 14.7. The number of amides is 3. The Morgan fingerprint density at radius 3 is 2.04 bits per heavy atom. The van der Waals surface area contributed by atoms with Gasteiger partial charge in [-0.3, -0.25) is 28.8 Å². The number of aliphatic hydroxyl groups excluding tert-OH is 2. The number of halogens is 3. The SMILES string of the molecule is CO[C@@H]1C[C@H](C[C@@H](C)[C@@H]2CC(=O)[C@H](C)/C=C(\C)[C@@H](O)[C@@H](OC)C(=O)[C@H](C)C[C@H](C)/C=C/C=C/C=C(\C)[C@@H](O)C[C@@H]3CC[C@@H](C)[C@@](O)(O3)C(=O)C(=O)N3CCCC[C@H]3C(=O)O2)CC[C@H]1OC(=O)c1ccc(OC(=O)c2c(I)c(NC(C)=O)c(I)c(NC(C)=O)c2I)cc1. The van der Waals surface area contributed by atoms with Gasteiger partial charge in [-0.2, -0.15) is 0 Å². The van der Waals surface area contributed by atoms with Crippen LogP contribution in [0.25, 0.3) is 0 Å². The fraction of sp³-hybridized carbons (Fsp3) is 0.574. The van der Waals surface area contributed by atoms with Gasteiger partial charge in [-0.25, -0.2) is 14.4 Å². The molecule has 3 amide bonds. The van der Waals surface area contributed by atoms with Crippen molar-refractivity contribution >= 4 is 132 Å². The van der Waals surface area contributed by atoms with Crippen LogP contribution in [0.4, 0.5) is 11.4 Å². The van der Waals surface area contributed by atoms with Crippen molar-refractivity contribution in [2.75, 3.05) is 31.4 Å². The number of Topliss-reactive ketones (excluding diaryl/α,β-unsaturated/α-hetero) is 3. The largest absolute Gasteiger partial charge is 0.460 e. The molecule has 2 saturated heterocycles. The molecule has 2 bridgehead atoms. The van der Waals surface area contributed by atoms with Crippen molar-refractivity contribution in [3.05, 3.63) is 93.7 Å². The number of fused-ring (bicyclic) bond motifs is 3. The Hall–Kier alpha value is -4.82. The summed E-state index contributed by atoms with van der Waals surface area (Å²) in [4.78, 5) is 125. The van der Waals surface area contributed by atoms with E-state index in [0.29, 0.717) is 91.0 Å². The lowest BCUT2D eigenvalue weighted by Crippen LogP contribution is -2.61. The fourth-order valence-electron chi connectivity index (χ4n) is 12.4. The number of benzene rings is 2. The van der Waals surface area contributed by atoms with Crippen molar-refractivity contribution in [2.24, 2.45) is 35.5 Å². The number of hydrogen-bond acceptors (Lipinski definition) is 18. The van der Waals surface area contributed by atoms with E-state index in [1.807, 2.05) is 93.8 Å². The summed E-state index contributed by atoms with van der Waals surface area (Å²) in [6.45, 7) is 14.9. The second kappa shape index (κ2) is 34.7. The zero-order valence-corrected chi connectivity index (χ0v) is 60.6. The topological polar surface area (TPSA) is 297 Å².